The summed E-state index contributed by atoms with van der Waals surface area (Å²) in [5.41, 5.74) is 1.76. The fourth-order valence-corrected chi connectivity index (χ4v) is 4.51. The van der Waals surface area contributed by atoms with E-state index in [1.807, 2.05) is 18.2 Å². The highest BCUT2D eigenvalue weighted by atomic mass is 35.5. The Labute approximate surface area is 150 Å². The minimum Gasteiger partial charge on any atom is -0.247 e. The largest absolute Gasteiger partial charge is 0.247 e. The van der Waals surface area contributed by atoms with Gasteiger partial charge in [0.25, 0.3) is 0 Å². The Bertz CT molecular complexity index is 982. The van der Waals surface area contributed by atoms with Crippen LogP contribution in [0.15, 0.2) is 65.8 Å². The third-order valence-corrected chi connectivity index (χ3v) is 6.37. The molecule has 0 N–H and O–H groups in total. The Morgan fingerprint density at radius 2 is 1.80 bits per heavy atom. The van der Waals surface area contributed by atoms with Gasteiger partial charge in [0.2, 0.25) is 10.0 Å². The molecule has 2 aromatic carbocycles. The molecule has 0 radical (unpaired) electrons. The molecule has 1 aliphatic rings. The molecule has 1 aromatic heterocycles. The number of sulfonamides is 1. The molecule has 4 rings (SSSR count). The maximum absolute atomic E-state index is 12.8. The Morgan fingerprint density at radius 3 is 2.48 bits per heavy atom. The van der Waals surface area contributed by atoms with Crippen LogP contribution in [-0.2, 0) is 10.0 Å². The SMILES string of the molecule is O=S(=O)(c1cccc(-c2ccc(Cl)cc2)c1)N1CC(n2ccnn2)C1. The van der Waals surface area contributed by atoms with Crippen molar-refractivity contribution < 1.29 is 8.42 Å². The molecule has 128 valence electrons. The molecule has 0 spiro atoms. The van der Waals surface area contributed by atoms with E-state index in [0.29, 0.717) is 18.1 Å². The predicted molar refractivity (Wildman–Crippen MR) is 94.7 cm³/mol. The highest BCUT2D eigenvalue weighted by Gasteiger charge is 2.38. The molecular weight excluding hydrogens is 360 g/mol. The number of hydrogen-bond donors (Lipinski definition) is 0. The van der Waals surface area contributed by atoms with Crippen molar-refractivity contribution in [2.75, 3.05) is 13.1 Å². The Morgan fingerprint density at radius 1 is 1.04 bits per heavy atom. The van der Waals surface area contributed by atoms with Crippen LogP contribution in [0.3, 0.4) is 0 Å². The van der Waals surface area contributed by atoms with Gasteiger partial charge in [0.15, 0.2) is 0 Å². The Hall–Kier alpha value is -2.22. The average Bonchev–Trinajstić information content (AvgIpc) is 3.08. The topological polar surface area (TPSA) is 68.1 Å². The fourth-order valence-electron chi connectivity index (χ4n) is 2.82. The summed E-state index contributed by atoms with van der Waals surface area (Å²) in [5.74, 6) is 0. The van der Waals surface area contributed by atoms with Gasteiger partial charge in [0.05, 0.1) is 17.1 Å². The van der Waals surface area contributed by atoms with Gasteiger partial charge in [-0.05, 0) is 35.4 Å². The molecule has 3 aromatic rings. The number of halogens is 1. The monoisotopic (exact) mass is 374 g/mol. The molecular formula is C17H15ClN4O2S. The van der Waals surface area contributed by atoms with Crippen molar-refractivity contribution in [3.05, 3.63) is 65.9 Å². The normalized spacial score (nSPS) is 15.9. The van der Waals surface area contributed by atoms with Gasteiger partial charge in [0, 0.05) is 24.3 Å². The minimum absolute atomic E-state index is 0.0386. The summed E-state index contributed by atoms with van der Waals surface area (Å²) >= 11 is 5.91. The lowest BCUT2D eigenvalue weighted by molar-refractivity contribution is 0.189. The van der Waals surface area contributed by atoms with Crippen molar-refractivity contribution >= 4 is 21.6 Å². The molecule has 8 heteroatoms. The second-order valence-corrected chi connectivity index (χ2v) is 8.27. The molecule has 1 aliphatic heterocycles. The second kappa shape index (κ2) is 6.25. The summed E-state index contributed by atoms with van der Waals surface area (Å²) in [6.07, 6.45) is 3.34. The van der Waals surface area contributed by atoms with Gasteiger partial charge >= 0.3 is 0 Å². The molecule has 0 amide bonds. The summed E-state index contributed by atoms with van der Waals surface area (Å²) in [4.78, 5) is 0.289. The molecule has 0 atom stereocenters. The third kappa shape index (κ3) is 3.06. The van der Waals surface area contributed by atoms with Crippen molar-refractivity contribution in [1.29, 1.82) is 0 Å². The van der Waals surface area contributed by atoms with E-state index in [0.717, 1.165) is 11.1 Å². The van der Waals surface area contributed by atoms with Gasteiger partial charge in [-0.3, -0.25) is 0 Å². The molecule has 1 saturated heterocycles. The highest BCUT2D eigenvalue weighted by molar-refractivity contribution is 7.89. The molecule has 0 aliphatic carbocycles. The Kier molecular flexibility index (Phi) is 4.07. The predicted octanol–water partition coefficient (Wildman–Crippen LogP) is 2.84. The summed E-state index contributed by atoms with van der Waals surface area (Å²) in [5, 5.41) is 8.33. The van der Waals surface area contributed by atoms with E-state index in [1.165, 1.54) is 4.31 Å². The van der Waals surface area contributed by atoms with Crippen molar-refractivity contribution in [2.24, 2.45) is 0 Å². The first kappa shape index (κ1) is 16.3. The standard InChI is InChI=1S/C17H15ClN4O2S/c18-15-6-4-13(5-7-15)14-2-1-3-17(10-14)25(23,24)21-11-16(12-21)22-9-8-19-20-22/h1-10,16H,11-12H2. The second-order valence-electron chi connectivity index (χ2n) is 5.89. The molecule has 1 fully saturated rings. The van der Waals surface area contributed by atoms with Crippen molar-refractivity contribution in [3.63, 3.8) is 0 Å². The quantitative estimate of drug-likeness (QED) is 0.704. The van der Waals surface area contributed by atoms with E-state index >= 15 is 0 Å². The maximum Gasteiger partial charge on any atom is 0.243 e. The van der Waals surface area contributed by atoms with Gasteiger partial charge in [-0.1, -0.05) is 41.1 Å². The lowest BCUT2D eigenvalue weighted by atomic mass is 10.1. The molecule has 2 heterocycles. The lowest BCUT2D eigenvalue weighted by Gasteiger charge is -2.37. The third-order valence-electron chi connectivity index (χ3n) is 4.29. The van der Waals surface area contributed by atoms with Crippen LogP contribution in [-0.4, -0.2) is 40.8 Å². The lowest BCUT2D eigenvalue weighted by Crippen LogP contribution is -2.50. The maximum atomic E-state index is 12.8. The summed E-state index contributed by atoms with van der Waals surface area (Å²) < 4.78 is 28.8. The summed E-state index contributed by atoms with van der Waals surface area (Å²) in [7, 11) is -3.52. The molecule has 0 unspecified atom stereocenters. The number of aromatic nitrogens is 3. The van der Waals surface area contributed by atoms with Crippen LogP contribution in [0.5, 0.6) is 0 Å². The van der Waals surface area contributed by atoms with Crippen LogP contribution in [0.4, 0.5) is 0 Å². The highest BCUT2D eigenvalue weighted by Crippen LogP contribution is 2.30. The fraction of sp³-hybridized carbons (Fsp3) is 0.176. The van der Waals surface area contributed by atoms with Crippen LogP contribution < -0.4 is 0 Å². The Balaban J connectivity index is 1.57. The number of rotatable bonds is 4. The number of hydrogen-bond acceptors (Lipinski definition) is 4. The minimum atomic E-state index is -3.52. The first-order valence-electron chi connectivity index (χ1n) is 7.76. The van der Waals surface area contributed by atoms with Gasteiger partial charge in [-0.2, -0.15) is 4.31 Å². The van der Waals surface area contributed by atoms with E-state index in [1.54, 1.807) is 47.4 Å². The van der Waals surface area contributed by atoms with Crippen molar-refractivity contribution in [3.8, 4) is 11.1 Å². The summed E-state index contributed by atoms with van der Waals surface area (Å²) in [6.45, 7) is 0.799. The van der Waals surface area contributed by atoms with Crippen LogP contribution in [0.2, 0.25) is 5.02 Å². The van der Waals surface area contributed by atoms with E-state index in [4.69, 9.17) is 11.6 Å². The van der Waals surface area contributed by atoms with E-state index in [2.05, 4.69) is 10.3 Å². The molecule has 0 bridgehead atoms. The zero-order valence-corrected chi connectivity index (χ0v) is 14.7. The first-order valence-corrected chi connectivity index (χ1v) is 9.58. The van der Waals surface area contributed by atoms with E-state index < -0.39 is 10.0 Å². The summed E-state index contributed by atoms with van der Waals surface area (Å²) in [6, 6.07) is 14.3. The van der Waals surface area contributed by atoms with E-state index in [-0.39, 0.29) is 10.9 Å². The van der Waals surface area contributed by atoms with E-state index in [9.17, 15) is 8.42 Å². The van der Waals surface area contributed by atoms with Crippen LogP contribution in [0.1, 0.15) is 6.04 Å². The zero-order valence-electron chi connectivity index (χ0n) is 13.2. The van der Waals surface area contributed by atoms with Crippen molar-refractivity contribution in [2.45, 2.75) is 10.9 Å². The van der Waals surface area contributed by atoms with Crippen LogP contribution in [0, 0.1) is 0 Å². The first-order chi connectivity index (χ1) is 12.0. The van der Waals surface area contributed by atoms with Crippen molar-refractivity contribution in [1.82, 2.24) is 19.3 Å². The molecule has 6 nitrogen and oxygen atoms in total. The number of nitrogens with zero attached hydrogens (tertiary/aromatic N) is 4. The molecule has 0 saturated carbocycles. The van der Waals surface area contributed by atoms with Gasteiger partial charge in [-0.25, -0.2) is 13.1 Å². The van der Waals surface area contributed by atoms with Gasteiger partial charge in [0.1, 0.15) is 0 Å². The molecule has 25 heavy (non-hydrogen) atoms. The van der Waals surface area contributed by atoms with Crippen LogP contribution in [0.25, 0.3) is 11.1 Å². The smallest absolute Gasteiger partial charge is 0.243 e. The average molecular weight is 375 g/mol. The van der Waals surface area contributed by atoms with Gasteiger partial charge < -0.3 is 0 Å². The zero-order chi connectivity index (χ0) is 17.4. The number of benzene rings is 2. The van der Waals surface area contributed by atoms with Gasteiger partial charge in [-0.15, -0.1) is 5.10 Å². The van der Waals surface area contributed by atoms with Crippen LogP contribution >= 0.6 is 11.6 Å².